The number of amides is 4. The zero-order valence-corrected chi connectivity index (χ0v) is 17.5. The van der Waals surface area contributed by atoms with Gasteiger partial charge in [-0.05, 0) is 45.0 Å². The Labute approximate surface area is 183 Å². The summed E-state index contributed by atoms with van der Waals surface area (Å²) in [7, 11) is 1.85. The summed E-state index contributed by atoms with van der Waals surface area (Å²) < 4.78 is 13.8. The molecule has 0 radical (unpaired) electrons. The number of aliphatic hydroxyl groups excluding tert-OH is 1. The van der Waals surface area contributed by atoms with Crippen LogP contribution in [0.5, 0.6) is 0 Å². The predicted molar refractivity (Wildman–Crippen MR) is 107 cm³/mol. The number of carboxylic acid groups (broad SMARTS) is 1. The van der Waals surface area contributed by atoms with Gasteiger partial charge in [-0.1, -0.05) is 6.07 Å². The quantitative estimate of drug-likeness (QED) is 0.618. The molecule has 32 heavy (non-hydrogen) atoms. The van der Waals surface area contributed by atoms with Crippen LogP contribution in [0.25, 0.3) is 0 Å². The summed E-state index contributed by atoms with van der Waals surface area (Å²) in [6.07, 6.45) is 1.79. The zero-order chi connectivity index (χ0) is 23.6. The van der Waals surface area contributed by atoms with Gasteiger partial charge in [-0.15, -0.1) is 0 Å². The normalized spacial score (nSPS) is 23.3. The van der Waals surface area contributed by atoms with Gasteiger partial charge in [0.05, 0.1) is 24.3 Å². The van der Waals surface area contributed by atoms with Crippen molar-refractivity contribution >= 4 is 29.6 Å². The van der Waals surface area contributed by atoms with E-state index >= 15 is 0 Å². The Morgan fingerprint density at radius 3 is 2.41 bits per heavy atom. The first kappa shape index (κ1) is 23.5. The molecule has 3 heterocycles. The van der Waals surface area contributed by atoms with Crippen LogP contribution in [-0.4, -0.2) is 93.3 Å². The standard InChI is InChI=1S/C15H13FN2O5.C6H11NO2/c16-9-3-1-2-8-12(9)15(23)18(13(8)21)10-4-5-11(20)17(6-7-19)14(10)22;1-7-4-2-3-5(7)6(8)9/h1-3,10,19H,4-7H2;5H,2-4H2,1H3,(H,8,9)/t;5-/m.0/s1. The van der Waals surface area contributed by atoms with Crippen molar-refractivity contribution in [2.75, 3.05) is 26.7 Å². The van der Waals surface area contributed by atoms with Crippen molar-refractivity contribution in [1.29, 1.82) is 0 Å². The SMILES string of the molecule is CN1CCC[C@H]1C(=O)O.O=C1CCC(N2C(=O)c3cccc(F)c3C2=O)C(=O)N1CCO. The van der Waals surface area contributed by atoms with E-state index < -0.39 is 48.1 Å². The summed E-state index contributed by atoms with van der Waals surface area (Å²) in [4.78, 5) is 62.7. The lowest BCUT2D eigenvalue weighted by molar-refractivity contribution is -0.152. The highest BCUT2D eigenvalue weighted by Crippen LogP contribution is 2.30. The van der Waals surface area contributed by atoms with Gasteiger partial charge in [0.1, 0.15) is 17.9 Å². The summed E-state index contributed by atoms with van der Waals surface area (Å²) in [5.74, 6) is -4.33. The number of nitrogens with zero attached hydrogens (tertiary/aromatic N) is 3. The van der Waals surface area contributed by atoms with Crippen LogP contribution in [0.1, 0.15) is 46.4 Å². The largest absolute Gasteiger partial charge is 0.480 e. The molecule has 0 saturated carbocycles. The molecule has 11 heteroatoms. The van der Waals surface area contributed by atoms with Gasteiger partial charge < -0.3 is 10.2 Å². The van der Waals surface area contributed by atoms with E-state index in [0.717, 1.165) is 30.4 Å². The molecule has 1 aromatic rings. The maximum absolute atomic E-state index is 13.8. The average Bonchev–Trinajstić information content (AvgIpc) is 3.29. The van der Waals surface area contributed by atoms with Crippen molar-refractivity contribution < 1.29 is 38.6 Å². The molecule has 3 aliphatic heterocycles. The molecule has 2 fully saturated rings. The van der Waals surface area contributed by atoms with E-state index in [1.54, 1.807) is 0 Å². The lowest BCUT2D eigenvalue weighted by Gasteiger charge is -2.34. The van der Waals surface area contributed by atoms with Gasteiger partial charge in [0, 0.05) is 6.42 Å². The Morgan fingerprint density at radius 2 is 1.88 bits per heavy atom. The molecule has 172 valence electrons. The number of aliphatic carboxylic acids is 1. The van der Waals surface area contributed by atoms with Gasteiger partial charge in [-0.2, -0.15) is 0 Å². The maximum atomic E-state index is 13.8. The third kappa shape index (κ3) is 4.26. The van der Waals surface area contributed by atoms with Crippen molar-refractivity contribution in [2.24, 2.45) is 0 Å². The number of hydrogen-bond acceptors (Lipinski definition) is 7. The Hall–Kier alpha value is -3.18. The number of carbonyl (C=O) groups is 5. The number of carboxylic acids is 1. The number of likely N-dealkylation sites (N-methyl/N-ethyl adjacent to an activating group) is 1. The number of halogens is 1. The van der Waals surface area contributed by atoms with Gasteiger partial charge in [0.2, 0.25) is 5.91 Å². The molecular formula is C21H24FN3O7. The molecule has 2 N–H and O–H groups in total. The van der Waals surface area contributed by atoms with Crippen LogP contribution < -0.4 is 0 Å². The van der Waals surface area contributed by atoms with Crippen LogP contribution in [0, 0.1) is 5.82 Å². The van der Waals surface area contributed by atoms with E-state index in [1.165, 1.54) is 12.1 Å². The van der Waals surface area contributed by atoms with Crippen molar-refractivity contribution in [3.63, 3.8) is 0 Å². The summed E-state index contributed by atoms with van der Waals surface area (Å²) in [6, 6.07) is 2.32. The molecule has 1 aromatic carbocycles. The first-order chi connectivity index (χ1) is 15.2. The molecular weight excluding hydrogens is 425 g/mol. The molecule has 0 bridgehead atoms. The highest BCUT2D eigenvalue weighted by molar-refractivity contribution is 6.23. The van der Waals surface area contributed by atoms with Crippen LogP contribution in [0.4, 0.5) is 4.39 Å². The fourth-order valence-electron chi connectivity index (χ4n) is 4.16. The summed E-state index contributed by atoms with van der Waals surface area (Å²) in [5.41, 5.74) is -0.440. The number of carbonyl (C=O) groups excluding carboxylic acids is 4. The second-order valence-electron chi connectivity index (χ2n) is 7.78. The van der Waals surface area contributed by atoms with E-state index in [0.29, 0.717) is 4.90 Å². The van der Waals surface area contributed by atoms with Crippen LogP contribution in [0.15, 0.2) is 18.2 Å². The van der Waals surface area contributed by atoms with Gasteiger partial charge in [-0.3, -0.25) is 38.7 Å². The molecule has 0 spiro atoms. The third-order valence-electron chi connectivity index (χ3n) is 5.82. The smallest absolute Gasteiger partial charge is 0.320 e. The molecule has 3 aliphatic rings. The monoisotopic (exact) mass is 449 g/mol. The number of likely N-dealkylation sites (tertiary alicyclic amines) is 2. The second-order valence-corrected chi connectivity index (χ2v) is 7.78. The van der Waals surface area contributed by atoms with E-state index in [9.17, 15) is 28.4 Å². The van der Waals surface area contributed by atoms with Crippen LogP contribution in [0.3, 0.4) is 0 Å². The van der Waals surface area contributed by atoms with Gasteiger partial charge in [0.25, 0.3) is 17.7 Å². The first-order valence-corrected chi connectivity index (χ1v) is 10.2. The Bertz CT molecular complexity index is 967. The van der Waals surface area contributed by atoms with Crippen molar-refractivity contribution in [3.8, 4) is 0 Å². The van der Waals surface area contributed by atoms with Crippen molar-refractivity contribution in [2.45, 2.75) is 37.8 Å². The molecule has 0 aromatic heterocycles. The molecule has 4 rings (SSSR count). The van der Waals surface area contributed by atoms with E-state index in [2.05, 4.69) is 0 Å². The van der Waals surface area contributed by atoms with E-state index in [1.807, 2.05) is 11.9 Å². The Morgan fingerprint density at radius 1 is 1.16 bits per heavy atom. The molecule has 1 unspecified atom stereocenters. The summed E-state index contributed by atoms with van der Waals surface area (Å²) in [6.45, 7) is 0.309. The third-order valence-corrected chi connectivity index (χ3v) is 5.82. The average molecular weight is 449 g/mol. The fraction of sp³-hybridized carbons (Fsp3) is 0.476. The Balaban J connectivity index is 0.000000269. The van der Waals surface area contributed by atoms with E-state index in [-0.39, 0.29) is 36.6 Å². The zero-order valence-electron chi connectivity index (χ0n) is 17.5. The van der Waals surface area contributed by atoms with Gasteiger partial charge >= 0.3 is 5.97 Å². The van der Waals surface area contributed by atoms with Crippen LogP contribution >= 0.6 is 0 Å². The van der Waals surface area contributed by atoms with Crippen molar-refractivity contribution in [1.82, 2.24) is 14.7 Å². The van der Waals surface area contributed by atoms with E-state index in [4.69, 9.17) is 10.2 Å². The lowest BCUT2D eigenvalue weighted by atomic mass is 10.0. The van der Waals surface area contributed by atoms with Crippen molar-refractivity contribution in [3.05, 3.63) is 35.1 Å². The molecule has 0 aliphatic carbocycles. The summed E-state index contributed by atoms with van der Waals surface area (Å²) >= 11 is 0. The maximum Gasteiger partial charge on any atom is 0.320 e. The minimum Gasteiger partial charge on any atom is -0.480 e. The van der Waals surface area contributed by atoms with Crippen LogP contribution in [0.2, 0.25) is 0 Å². The number of rotatable bonds is 4. The number of β-amino-alcohol motifs (C(OH)–C–C–N with tert-alkyl or cyclic N) is 1. The topological polar surface area (TPSA) is 136 Å². The number of benzene rings is 1. The van der Waals surface area contributed by atoms with Gasteiger partial charge in [0.15, 0.2) is 0 Å². The molecule has 4 amide bonds. The molecule has 2 atom stereocenters. The fourth-order valence-corrected chi connectivity index (χ4v) is 4.16. The number of aliphatic hydroxyl groups is 1. The lowest BCUT2D eigenvalue weighted by Crippen LogP contribution is -2.56. The predicted octanol–water partition coefficient (Wildman–Crippen LogP) is 0.0968. The minimum absolute atomic E-state index is 0.00726. The number of hydrogen-bond donors (Lipinski definition) is 2. The Kier molecular flexibility index (Phi) is 6.99. The second kappa shape index (κ2) is 9.53. The molecule has 10 nitrogen and oxygen atoms in total. The number of fused-ring (bicyclic) bond motifs is 1. The van der Waals surface area contributed by atoms with Gasteiger partial charge in [-0.25, -0.2) is 4.39 Å². The number of piperidine rings is 1. The number of imide groups is 2. The highest BCUT2D eigenvalue weighted by Gasteiger charge is 2.47. The highest BCUT2D eigenvalue weighted by atomic mass is 19.1. The molecule has 2 saturated heterocycles. The first-order valence-electron chi connectivity index (χ1n) is 10.2. The van der Waals surface area contributed by atoms with Crippen LogP contribution in [-0.2, 0) is 14.4 Å². The summed E-state index contributed by atoms with van der Waals surface area (Å²) in [5, 5.41) is 17.5. The minimum atomic E-state index is -1.16.